The van der Waals surface area contributed by atoms with Crippen LogP contribution in [-0.4, -0.2) is 6.16 Å². The molecule has 0 rings (SSSR count). The van der Waals surface area contributed by atoms with Gasteiger partial charge in [0, 0.05) is 6.16 Å². The molecule has 0 bridgehead atoms. The van der Waals surface area contributed by atoms with Crippen LogP contribution in [0.25, 0.3) is 0 Å². The fraction of sp³-hybridized carbons (Fsp3) is 1.00. The van der Waals surface area contributed by atoms with E-state index in [0.29, 0.717) is 6.16 Å². The number of halogens is 2. The van der Waals surface area contributed by atoms with Crippen LogP contribution in [0.15, 0.2) is 0 Å². The first-order valence-electron chi connectivity index (χ1n) is 1.54. The quantitative estimate of drug-likeness (QED) is 0.521. The van der Waals surface area contributed by atoms with Gasteiger partial charge in [-0.05, 0) is 22.5 Å². The van der Waals surface area contributed by atoms with Crippen molar-refractivity contribution in [1.29, 1.82) is 0 Å². The van der Waals surface area contributed by atoms with Crippen molar-refractivity contribution >= 4 is 28.3 Å². The van der Waals surface area contributed by atoms with Gasteiger partial charge in [-0.25, -0.2) is 0 Å². The molecule has 0 aromatic rings. The summed E-state index contributed by atoms with van der Waals surface area (Å²) in [5.74, 6) is -2.70. The van der Waals surface area contributed by atoms with Crippen molar-refractivity contribution < 1.29 is 4.57 Å². The summed E-state index contributed by atoms with van der Waals surface area (Å²) < 4.78 is 10.1. The lowest BCUT2D eigenvalue weighted by molar-refractivity contribution is 0.593. The molecule has 0 aromatic heterocycles. The zero-order valence-corrected chi connectivity index (χ0v) is 5.72. The van der Waals surface area contributed by atoms with Crippen LogP contribution < -0.4 is 0 Å². The van der Waals surface area contributed by atoms with Crippen LogP contribution in [0.5, 0.6) is 0 Å². The van der Waals surface area contributed by atoms with E-state index in [9.17, 15) is 4.57 Å². The smallest absolute Gasteiger partial charge is 0.252 e. The number of rotatable bonds is 1. The van der Waals surface area contributed by atoms with Crippen LogP contribution in [0.4, 0.5) is 0 Å². The van der Waals surface area contributed by atoms with Crippen molar-refractivity contribution in [2.45, 2.75) is 6.92 Å². The fourth-order valence-corrected chi connectivity index (χ4v) is 0. The predicted octanol–water partition coefficient (Wildman–Crippen LogP) is 2.68. The lowest BCUT2D eigenvalue weighted by Crippen LogP contribution is -1.59. The summed E-state index contributed by atoms with van der Waals surface area (Å²) >= 11 is 10.1. The van der Waals surface area contributed by atoms with Gasteiger partial charge in [-0.15, -0.1) is 0 Å². The second kappa shape index (κ2) is 2.20. The van der Waals surface area contributed by atoms with Crippen LogP contribution in [0, 0.1) is 0 Å². The molecule has 0 amide bonds. The Hall–Kier alpha value is 0.810. The fourth-order valence-electron chi connectivity index (χ4n) is 0. The molecule has 0 atom stereocenters. The highest BCUT2D eigenvalue weighted by atomic mass is 35.9. The molecule has 0 aliphatic heterocycles. The van der Waals surface area contributed by atoms with Crippen LogP contribution in [0.2, 0.25) is 0 Å². The summed E-state index contributed by atoms with van der Waals surface area (Å²) in [6.07, 6.45) is 0.357. The molecular weight excluding hydrogens is 142 g/mol. The van der Waals surface area contributed by atoms with E-state index < -0.39 is 5.85 Å². The van der Waals surface area contributed by atoms with Gasteiger partial charge in [0.1, 0.15) is 0 Å². The first-order valence-corrected chi connectivity index (χ1v) is 5.25. The minimum absolute atomic E-state index is 0.357. The van der Waals surface area contributed by atoms with Gasteiger partial charge in [0.2, 0.25) is 0 Å². The first kappa shape index (κ1) is 6.81. The second-order valence-corrected chi connectivity index (χ2v) is 6.45. The number of hydrogen-bond acceptors (Lipinski definition) is 1. The molecule has 38 valence electrons. The standard InChI is InChI=1S/C2H5Cl2OP/c1-2-6(3,4)5/h2H2,1H3. The molecule has 0 radical (unpaired) electrons. The Kier molecular flexibility index (Phi) is 2.50. The zero-order chi connectivity index (χ0) is 5.21. The predicted molar refractivity (Wildman–Crippen MR) is 29.9 cm³/mol. The Balaban J connectivity index is 3.48. The minimum Gasteiger partial charge on any atom is -0.289 e. The highest BCUT2D eigenvalue weighted by molar-refractivity contribution is 8.08. The van der Waals surface area contributed by atoms with Crippen LogP contribution in [0.3, 0.4) is 0 Å². The van der Waals surface area contributed by atoms with Gasteiger partial charge >= 0.3 is 0 Å². The van der Waals surface area contributed by atoms with Crippen LogP contribution in [0.1, 0.15) is 6.92 Å². The zero-order valence-electron chi connectivity index (χ0n) is 3.32. The van der Waals surface area contributed by atoms with E-state index in [0.717, 1.165) is 0 Å². The summed E-state index contributed by atoms with van der Waals surface area (Å²) in [5, 5.41) is 0. The van der Waals surface area contributed by atoms with Crippen LogP contribution >= 0.6 is 28.3 Å². The molecular formula is C2H5Cl2OP. The molecule has 0 fully saturated rings. The molecule has 0 saturated heterocycles. The third-order valence-corrected chi connectivity index (χ3v) is 2.54. The van der Waals surface area contributed by atoms with Gasteiger partial charge in [0.15, 0.2) is 0 Å². The molecule has 6 heavy (non-hydrogen) atoms. The average Bonchev–Trinajstić information content (AvgIpc) is 1.35. The van der Waals surface area contributed by atoms with Gasteiger partial charge < -0.3 is 0 Å². The topological polar surface area (TPSA) is 17.1 Å². The lowest BCUT2D eigenvalue weighted by atomic mass is 11.0. The maximum absolute atomic E-state index is 10.1. The molecule has 0 saturated carbocycles. The van der Waals surface area contributed by atoms with Crippen molar-refractivity contribution in [3.63, 3.8) is 0 Å². The summed E-state index contributed by atoms with van der Waals surface area (Å²) in [4.78, 5) is 0. The molecule has 0 aliphatic rings. The molecule has 0 N–H and O–H groups in total. The maximum Gasteiger partial charge on any atom is 0.252 e. The summed E-state index contributed by atoms with van der Waals surface area (Å²) in [5.41, 5.74) is 0. The maximum atomic E-state index is 10.1. The van der Waals surface area contributed by atoms with E-state index in [4.69, 9.17) is 22.5 Å². The Bertz CT molecular complexity index is 75.6. The molecule has 0 unspecified atom stereocenters. The highest BCUT2D eigenvalue weighted by Crippen LogP contribution is 2.55. The van der Waals surface area contributed by atoms with Gasteiger partial charge in [0.25, 0.3) is 5.85 Å². The molecule has 0 aromatic carbocycles. The highest BCUT2D eigenvalue weighted by Gasteiger charge is 2.06. The van der Waals surface area contributed by atoms with Gasteiger partial charge in [-0.2, -0.15) is 0 Å². The minimum atomic E-state index is -2.70. The number of hydrogen-bond donors (Lipinski definition) is 0. The molecule has 0 spiro atoms. The average molecular weight is 147 g/mol. The molecule has 4 heteroatoms. The summed E-state index contributed by atoms with van der Waals surface area (Å²) in [7, 11) is 0. The van der Waals surface area contributed by atoms with Crippen LogP contribution in [-0.2, 0) is 4.57 Å². The monoisotopic (exact) mass is 146 g/mol. The van der Waals surface area contributed by atoms with Gasteiger partial charge in [0.05, 0.1) is 0 Å². The van der Waals surface area contributed by atoms with E-state index in [1.165, 1.54) is 0 Å². The Morgan fingerprint density at radius 2 is 1.83 bits per heavy atom. The molecule has 1 nitrogen and oxygen atoms in total. The third-order valence-electron chi connectivity index (χ3n) is 0.368. The normalized spacial score (nSPS) is 11.8. The Morgan fingerprint density at radius 3 is 1.83 bits per heavy atom. The third kappa shape index (κ3) is 4.81. The Labute approximate surface area is 46.6 Å². The summed E-state index contributed by atoms with van der Waals surface area (Å²) in [6, 6.07) is 0. The Morgan fingerprint density at radius 1 is 1.67 bits per heavy atom. The van der Waals surface area contributed by atoms with Crippen molar-refractivity contribution in [2.75, 3.05) is 6.16 Å². The molecule has 0 aliphatic carbocycles. The van der Waals surface area contributed by atoms with Crippen molar-refractivity contribution in [2.24, 2.45) is 0 Å². The SMILES string of the molecule is CCP(=O)(Cl)Cl. The van der Waals surface area contributed by atoms with Crippen molar-refractivity contribution in [3.05, 3.63) is 0 Å². The largest absolute Gasteiger partial charge is 0.289 e. The van der Waals surface area contributed by atoms with E-state index >= 15 is 0 Å². The van der Waals surface area contributed by atoms with E-state index in [2.05, 4.69) is 0 Å². The summed E-state index contributed by atoms with van der Waals surface area (Å²) in [6.45, 7) is 1.68. The second-order valence-electron chi connectivity index (χ2n) is 0.886. The van der Waals surface area contributed by atoms with E-state index in [1.807, 2.05) is 0 Å². The van der Waals surface area contributed by atoms with Gasteiger partial charge in [-0.3, -0.25) is 4.57 Å². The van der Waals surface area contributed by atoms with E-state index in [1.54, 1.807) is 6.92 Å². The molecule has 0 heterocycles. The lowest BCUT2D eigenvalue weighted by Gasteiger charge is -1.88. The van der Waals surface area contributed by atoms with Crippen molar-refractivity contribution in [3.8, 4) is 0 Å². The van der Waals surface area contributed by atoms with E-state index in [-0.39, 0.29) is 0 Å². The van der Waals surface area contributed by atoms with Gasteiger partial charge in [-0.1, -0.05) is 6.92 Å². The van der Waals surface area contributed by atoms with Crippen molar-refractivity contribution in [1.82, 2.24) is 0 Å². The first-order chi connectivity index (χ1) is 2.56.